The highest BCUT2D eigenvalue weighted by atomic mass is 16.2. The van der Waals surface area contributed by atoms with Crippen LogP contribution in [0.25, 0.3) is 11.4 Å². The number of benzene rings is 1. The Morgan fingerprint density at radius 1 is 1.07 bits per heavy atom. The van der Waals surface area contributed by atoms with E-state index in [0.717, 1.165) is 17.0 Å². The lowest BCUT2D eigenvalue weighted by atomic mass is 9.89. The number of carbonyl (C=O) groups is 2. The van der Waals surface area contributed by atoms with E-state index in [1.165, 1.54) is 0 Å². The molecule has 1 aliphatic heterocycles. The SMILES string of the molecule is Cn1cccc1-c1cc(C(=O)N2CCC(C(=O)c3ccccc3)CC2)[nH]n1. The van der Waals surface area contributed by atoms with Crippen LogP contribution in [0.5, 0.6) is 0 Å². The van der Waals surface area contributed by atoms with Gasteiger partial charge in [0.15, 0.2) is 5.78 Å². The number of ketones is 1. The van der Waals surface area contributed by atoms with Crippen LogP contribution in [0, 0.1) is 5.92 Å². The highest BCUT2D eigenvalue weighted by molar-refractivity contribution is 5.98. The first-order valence-corrected chi connectivity index (χ1v) is 9.19. The summed E-state index contributed by atoms with van der Waals surface area (Å²) in [5, 5.41) is 7.13. The molecule has 0 aliphatic carbocycles. The molecular weight excluding hydrogens is 340 g/mol. The van der Waals surface area contributed by atoms with Gasteiger partial charge in [0.1, 0.15) is 11.4 Å². The van der Waals surface area contributed by atoms with E-state index in [4.69, 9.17) is 0 Å². The smallest absolute Gasteiger partial charge is 0.271 e. The lowest BCUT2D eigenvalue weighted by Crippen LogP contribution is -2.40. The Balaban J connectivity index is 1.40. The molecule has 3 aromatic rings. The molecule has 0 bridgehead atoms. The van der Waals surface area contributed by atoms with E-state index in [2.05, 4.69) is 10.2 Å². The van der Waals surface area contributed by atoms with Crippen molar-refractivity contribution >= 4 is 11.7 Å². The van der Waals surface area contributed by atoms with Crippen LogP contribution >= 0.6 is 0 Å². The lowest BCUT2D eigenvalue weighted by molar-refractivity contribution is 0.0645. The van der Waals surface area contributed by atoms with Crippen molar-refractivity contribution in [1.29, 1.82) is 0 Å². The van der Waals surface area contributed by atoms with Crippen molar-refractivity contribution in [2.24, 2.45) is 13.0 Å². The van der Waals surface area contributed by atoms with E-state index in [1.807, 2.05) is 60.3 Å². The summed E-state index contributed by atoms with van der Waals surface area (Å²) >= 11 is 0. The molecule has 0 unspecified atom stereocenters. The molecule has 0 atom stereocenters. The highest BCUT2D eigenvalue weighted by Crippen LogP contribution is 2.24. The Kier molecular flexibility index (Phi) is 4.62. The molecule has 138 valence electrons. The van der Waals surface area contributed by atoms with Crippen LogP contribution in [0.2, 0.25) is 0 Å². The summed E-state index contributed by atoms with van der Waals surface area (Å²) in [4.78, 5) is 27.2. The van der Waals surface area contributed by atoms with Crippen LogP contribution < -0.4 is 0 Å². The van der Waals surface area contributed by atoms with Crippen molar-refractivity contribution in [3.63, 3.8) is 0 Å². The van der Waals surface area contributed by atoms with E-state index < -0.39 is 0 Å². The summed E-state index contributed by atoms with van der Waals surface area (Å²) in [6.07, 6.45) is 3.33. The van der Waals surface area contributed by atoms with Crippen molar-refractivity contribution in [3.05, 3.63) is 66.0 Å². The Morgan fingerprint density at radius 3 is 2.48 bits per heavy atom. The maximum absolute atomic E-state index is 12.8. The second kappa shape index (κ2) is 7.23. The number of H-pyrrole nitrogens is 1. The molecule has 27 heavy (non-hydrogen) atoms. The molecular formula is C21H22N4O2. The van der Waals surface area contributed by atoms with E-state index in [0.29, 0.717) is 31.6 Å². The van der Waals surface area contributed by atoms with Crippen LogP contribution in [0.1, 0.15) is 33.7 Å². The molecule has 0 radical (unpaired) electrons. The number of aromatic nitrogens is 3. The predicted octanol–water partition coefficient (Wildman–Crippen LogP) is 3.15. The molecule has 6 nitrogen and oxygen atoms in total. The predicted molar refractivity (Wildman–Crippen MR) is 102 cm³/mol. The van der Waals surface area contributed by atoms with Gasteiger partial charge < -0.3 is 9.47 Å². The third kappa shape index (κ3) is 3.43. The number of amides is 1. The summed E-state index contributed by atoms with van der Waals surface area (Å²) in [6, 6.07) is 15.1. The van der Waals surface area contributed by atoms with E-state index >= 15 is 0 Å². The largest absolute Gasteiger partial charge is 0.349 e. The topological polar surface area (TPSA) is 71.0 Å². The Bertz CT molecular complexity index is 949. The number of carbonyl (C=O) groups excluding carboxylic acids is 2. The fourth-order valence-corrected chi connectivity index (χ4v) is 3.64. The van der Waals surface area contributed by atoms with Crippen molar-refractivity contribution in [1.82, 2.24) is 19.7 Å². The standard InChI is InChI=1S/C21H22N4O2/c1-24-11-5-8-19(24)17-14-18(23-22-17)21(27)25-12-9-16(10-13-25)20(26)15-6-3-2-4-7-15/h2-8,11,14,16H,9-10,12-13H2,1H3,(H,22,23). The van der Waals surface area contributed by atoms with Gasteiger partial charge in [0.25, 0.3) is 5.91 Å². The second-order valence-corrected chi connectivity index (χ2v) is 6.97. The minimum atomic E-state index is -0.0615. The molecule has 0 saturated carbocycles. The quantitative estimate of drug-likeness (QED) is 0.725. The Labute approximate surface area is 157 Å². The fraction of sp³-hybridized carbons (Fsp3) is 0.286. The number of hydrogen-bond acceptors (Lipinski definition) is 3. The van der Waals surface area contributed by atoms with Gasteiger partial charge in [0, 0.05) is 37.8 Å². The van der Waals surface area contributed by atoms with Crippen LogP contribution in [-0.4, -0.2) is 44.4 Å². The van der Waals surface area contributed by atoms with Crippen molar-refractivity contribution in [3.8, 4) is 11.4 Å². The third-order valence-corrected chi connectivity index (χ3v) is 5.23. The summed E-state index contributed by atoms with van der Waals surface area (Å²) in [5.41, 5.74) is 2.94. The number of nitrogens with zero attached hydrogens (tertiary/aromatic N) is 3. The maximum atomic E-state index is 12.8. The minimum absolute atomic E-state index is 0.0165. The molecule has 3 heterocycles. The van der Waals surface area contributed by atoms with Crippen LogP contribution in [-0.2, 0) is 7.05 Å². The van der Waals surface area contributed by atoms with E-state index in [-0.39, 0.29) is 17.6 Å². The monoisotopic (exact) mass is 362 g/mol. The number of aryl methyl sites for hydroxylation is 1. The molecule has 1 fully saturated rings. The summed E-state index contributed by atoms with van der Waals surface area (Å²) in [5.74, 6) is 0.0981. The molecule has 4 rings (SSSR count). The van der Waals surface area contributed by atoms with Gasteiger partial charge in [-0.2, -0.15) is 5.10 Å². The normalized spacial score (nSPS) is 15.1. The minimum Gasteiger partial charge on any atom is -0.349 e. The van der Waals surface area contributed by atoms with Gasteiger partial charge in [-0.3, -0.25) is 14.7 Å². The molecule has 1 N–H and O–H groups in total. The van der Waals surface area contributed by atoms with Crippen LogP contribution in [0.4, 0.5) is 0 Å². The van der Waals surface area contributed by atoms with E-state index in [1.54, 1.807) is 11.0 Å². The zero-order valence-corrected chi connectivity index (χ0v) is 15.3. The van der Waals surface area contributed by atoms with Gasteiger partial charge in [0.05, 0.1) is 5.69 Å². The molecule has 0 spiro atoms. The van der Waals surface area contributed by atoms with Gasteiger partial charge in [0.2, 0.25) is 0 Å². The van der Waals surface area contributed by atoms with Gasteiger partial charge in [-0.1, -0.05) is 30.3 Å². The highest BCUT2D eigenvalue weighted by Gasteiger charge is 2.29. The van der Waals surface area contributed by atoms with Crippen LogP contribution in [0.15, 0.2) is 54.7 Å². The average Bonchev–Trinajstić information content (AvgIpc) is 3.36. The number of piperidine rings is 1. The lowest BCUT2D eigenvalue weighted by Gasteiger charge is -2.31. The van der Waals surface area contributed by atoms with Gasteiger partial charge >= 0.3 is 0 Å². The van der Waals surface area contributed by atoms with Crippen molar-refractivity contribution in [2.45, 2.75) is 12.8 Å². The summed E-state index contributed by atoms with van der Waals surface area (Å²) < 4.78 is 1.96. The first-order chi connectivity index (χ1) is 13.1. The molecule has 1 aromatic carbocycles. The number of nitrogens with one attached hydrogen (secondary N) is 1. The van der Waals surface area contributed by atoms with E-state index in [9.17, 15) is 9.59 Å². The zero-order valence-electron chi connectivity index (χ0n) is 15.3. The molecule has 2 aromatic heterocycles. The number of rotatable bonds is 4. The van der Waals surface area contributed by atoms with Gasteiger partial charge in [-0.25, -0.2) is 0 Å². The van der Waals surface area contributed by atoms with Crippen LogP contribution in [0.3, 0.4) is 0 Å². The molecule has 6 heteroatoms. The number of aromatic amines is 1. The number of likely N-dealkylation sites (tertiary alicyclic amines) is 1. The second-order valence-electron chi connectivity index (χ2n) is 6.97. The maximum Gasteiger partial charge on any atom is 0.271 e. The summed E-state index contributed by atoms with van der Waals surface area (Å²) in [7, 11) is 1.94. The Morgan fingerprint density at radius 2 is 1.81 bits per heavy atom. The third-order valence-electron chi connectivity index (χ3n) is 5.23. The molecule has 1 amide bonds. The van der Waals surface area contributed by atoms with Gasteiger partial charge in [-0.15, -0.1) is 0 Å². The average molecular weight is 362 g/mol. The van der Waals surface area contributed by atoms with Crippen molar-refractivity contribution in [2.75, 3.05) is 13.1 Å². The number of hydrogen-bond donors (Lipinski definition) is 1. The number of Topliss-reactive ketones (excluding diaryl/α,β-unsaturated/α-hetero) is 1. The zero-order chi connectivity index (χ0) is 18.8. The first-order valence-electron chi connectivity index (χ1n) is 9.19. The molecule has 1 saturated heterocycles. The van der Waals surface area contributed by atoms with Crippen molar-refractivity contribution < 1.29 is 9.59 Å². The van der Waals surface area contributed by atoms with Gasteiger partial charge in [-0.05, 0) is 31.0 Å². The summed E-state index contributed by atoms with van der Waals surface area (Å²) in [6.45, 7) is 1.17. The molecule has 1 aliphatic rings. The Hall–Kier alpha value is -3.15. The fourth-order valence-electron chi connectivity index (χ4n) is 3.64. The first kappa shape index (κ1) is 17.3.